The SMILES string of the molecule is C=CC(=CC/C=C(\C)C1=CC(CC)(CCCN)Oc2ccc(O)cc21)C(=O)N(CC)CC.CC. The molecule has 2 rings (SSSR count). The molecular formula is C29H44N2O3. The lowest BCUT2D eigenvalue weighted by Crippen LogP contribution is -2.36. The summed E-state index contributed by atoms with van der Waals surface area (Å²) in [5.74, 6) is 0.977. The maximum Gasteiger partial charge on any atom is 0.253 e. The Morgan fingerprint density at radius 1 is 1.21 bits per heavy atom. The number of aromatic hydroxyl groups is 1. The average Bonchev–Trinajstić information content (AvgIpc) is 2.86. The van der Waals surface area contributed by atoms with Gasteiger partial charge < -0.3 is 20.5 Å². The minimum Gasteiger partial charge on any atom is -0.508 e. The summed E-state index contributed by atoms with van der Waals surface area (Å²) in [6, 6.07) is 5.23. The second-order valence-corrected chi connectivity index (χ2v) is 8.11. The van der Waals surface area contributed by atoms with E-state index in [9.17, 15) is 9.90 Å². The number of phenols is 1. The fourth-order valence-electron chi connectivity index (χ4n) is 4.03. The summed E-state index contributed by atoms with van der Waals surface area (Å²) in [6.45, 7) is 17.9. The number of rotatable bonds is 11. The number of fused-ring (bicyclic) bond motifs is 1. The zero-order chi connectivity index (χ0) is 25.7. The maximum absolute atomic E-state index is 12.6. The zero-order valence-electron chi connectivity index (χ0n) is 22.0. The number of carbonyl (C=O) groups is 1. The van der Waals surface area contributed by atoms with Crippen LogP contribution in [0.2, 0.25) is 0 Å². The Morgan fingerprint density at radius 3 is 2.44 bits per heavy atom. The van der Waals surface area contributed by atoms with E-state index >= 15 is 0 Å². The molecule has 1 aliphatic rings. The van der Waals surface area contributed by atoms with E-state index in [4.69, 9.17) is 10.5 Å². The van der Waals surface area contributed by atoms with Gasteiger partial charge in [-0.05, 0) is 88.4 Å². The summed E-state index contributed by atoms with van der Waals surface area (Å²) in [5.41, 5.74) is 8.96. The topological polar surface area (TPSA) is 75.8 Å². The quantitative estimate of drug-likeness (QED) is 0.291. The molecule has 5 nitrogen and oxygen atoms in total. The molecule has 188 valence electrons. The smallest absolute Gasteiger partial charge is 0.253 e. The van der Waals surface area contributed by atoms with Crippen molar-refractivity contribution in [2.75, 3.05) is 19.6 Å². The van der Waals surface area contributed by atoms with Crippen LogP contribution in [0, 0.1) is 0 Å². The number of hydrogen-bond acceptors (Lipinski definition) is 4. The van der Waals surface area contributed by atoms with Gasteiger partial charge in [-0.1, -0.05) is 45.6 Å². The Morgan fingerprint density at radius 2 is 1.88 bits per heavy atom. The van der Waals surface area contributed by atoms with Gasteiger partial charge in [0.2, 0.25) is 0 Å². The Hall–Kier alpha value is -2.79. The summed E-state index contributed by atoms with van der Waals surface area (Å²) in [4.78, 5) is 14.4. The minimum absolute atomic E-state index is 0.00314. The van der Waals surface area contributed by atoms with Crippen molar-refractivity contribution in [3.05, 3.63) is 65.8 Å². The monoisotopic (exact) mass is 468 g/mol. The van der Waals surface area contributed by atoms with Gasteiger partial charge in [-0.15, -0.1) is 0 Å². The summed E-state index contributed by atoms with van der Waals surface area (Å²) < 4.78 is 6.40. The van der Waals surface area contributed by atoms with Crippen LogP contribution in [0.25, 0.3) is 5.57 Å². The molecule has 0 aliphatic carbocycles. The molecule has 5 heteroatoms. The van der Waals surface area contributed by atoms with Gasteiger partial charge in [0.25, 0.3) is 5.91 Å². The van der Waals surface area contributed by atoms with Crippen LogP contribution in [0.1, 0.15) is 72.8 Å². The molecule has 1 aromatic rings. The first-order valence-electron chi connectivity index (χ1n) is 12.6. The molecule has 1 unspecified atom stereocenters. The predicted octanol–water partition coefficient (Wildman–Crippen LogP) is 6.40. The van der Waals surface area contributed by atoms with Crippen molar-refractivity contribution in [3.63, 3.8) is 0 Å². The van der Waals surface area contributed by atoms with Gasteiger partial charge >= 0.3 is 0 Å². The number of allylic oxidation sites excluding steroid dienone is 4. The maximum atomic E-state index is 12.6. The van der Waals surface area contributed by atoms with Crippen LogP contribution >= 0.6 is 0 Å². The largest absolute Gasteiger partial charge is 0.508 e. The number of nitrogens with zero attached hydrogens (tertiary/aromatic N) is 1. The fourth-order valence-corrected chi connectivity index (χ4v) is 4.03. The molecule has 34 heavy (non-hydrogen) atoms. The van der Waals surface area contributed by atoms with Gasteiger partial charge in [-0.3, -0.25) is 4.79 Å². The summed E-state index contributed by atoms with van der Waals surface area (Å²) >= 11 is 0. The second-order valence-electron chi connectivity index (χ2n) is 8.11. The first-order valence-corrected chi connectivity index (χ1v) is 12.6. The standard InChI is InChI=1S/C27H38N2O3.C2H6/c1-6-21(26(31)29(8-3)9-4)13-10-12-20(5)24-19-27(7-2,16-11-17-28)32-25-15-14-22(30)18-23(24)25;1-2/h6,12-15,18-19,30H,1,7-11,16-17,28H2,2-5H3;1-2H3/b20-12+,21-13?;. The number of carbonyl (C=O) groups excluding carboxylic acids is 1. The van der Waals surface area contributed by atoms with Crippen molar-refractivity contribution in [1.29, 1.82) is 0 Å². The molecule has 0 aromatic heterocycles. The van der Waals surface area contributed by atoms with Crippen molar-refractivity contribution in [2.24, 2.45) is 5.73 Å². The summed E-state index contributed by atoms with van der Waals surface area (Å²) in [6.07, 6.45) is 10.9. The van der Waals surface area contributed by atoms with E-state index in [0.29, 0.717) is 31.6 Å². The molecule has 1 amide bonds. The van der Waals surface area contributed by atoms with Crippen molar-refractivity contribution in [1.82, 2.24) is 4.90 Å². The number of nitrogens with two attached hydrogens (primary N) is 1. The number of hydrogen-bond donors (Lipinski definition) is 2. The highest BCUT2D eigenvalue weighted by Gasteiger charge is 2.34. The Balaban J connectivity index is 0.00000281. The molecular weight excluding hydrogens is 424 g/mol. The van der Waals surface area contributed by atoms with Crippen molar-refractivity contribution >= 4 is 11.5 Å². The Bertz CT molecular complexity index is 910. The molecule has 1 heterocycles. The molecule has 1 aliphatic heterocycles. The van der Waals surface area contributed by atoms with E-state index in [1.54, 1.807) is 23.1 Å². The Kier molecular flexibility index (Phi) is 12.4. The molecule has 0 spiro atoms. The van der Waals surface area contributed by atoms with E-state index in [-0.39, 0.29) is 11.7 Å². The van der Waals surface area contributed by atoms with Crippen LogP contribution in [-0.2, 0) is 4.79 Å². The van der Waals surface area contributed by atoms with Gasteiger partial charge in [-0.25, -0.2) is 0 Å². The van der Waals surface area contributed by atoms with Crippen molar-refractivity contribution < 1.29 is 14.6 Å². The third-order valence-corrected chi connectivity index (χ3v) is 6.08. The number of benzene rings is 1. The van der Waals surface area contributed by atoms with Gasteiger partial charge in [0.15, 0.2) is 0 Å². The number of likely N-dealkylation sites (N-methyl/N-ethyl adjacent to an activating group) is 1. The number of amides is 1. The van der Waals surface area contributed by atoms with Crippen molar-refractivity contribution in [3.8, 4) is 11.5 Å². The predicted molar refractivity (Wildman–Crippen MR) is 144 cm³/mol. The first-order chi connectivity index (χ1) is 16.3. The number of phenolic OH excluding ortho intramolecular Hbond substituents is 1. The average molecular weight is 469 g/mol. The van der Waals surface area contributed by atoms with E-state index < -0.39 is 5.60 Å². The fraction of sp³-hybridized carbons (Fsp3) is 0.483. The minimum atomic E-state index is -0.422. The molecule has 0 saturated heterocycles. The lowest BCUT2D eigenvalue weighted by atomic mass is 9.84. The normalized spacial score (nSPS) is 17.6. The highest BCUT2D eigenvalue weighted by Crippen LogP contribution is 2.43. The highest BCUT2D eigenvalue weighted by molar-refractivity contribution is 5.96. The van der Waals surface area contributed by atoms with Crippen LogP contribution in [0.15, 0.2) is 60.2 Å². The van der Waals surface area contributed by atoms with Gasteiger partial charge in [0.1, 0.15) is 17.1 Å². The van der Waals surface area contributed by atoms with E-state index in [1.807, 2.05) is 39.8 Å². The second kappa shape index (κ2) is 14.5. The Labute approximate surface area is 206 Å². The molecule has 0 radical (unpaired) electrons. The first kappa shape index (κ1) is 29.2. The molecule has 1 atom stereocenters. The number of ether oxygens (including phenoxy) is 1. The van der Waals surface area contributed by atoms with Gasteiger partial charge in [-0.2, -0.15) is 0 Å². The molecule has 0 bridgehead atoms. The molecule has 0 fully saturated rings. The van der Waals surface area contributed by atoms with Crippen LogP contribution < -0.4 is 10.5 Å². The lowest BCUT2D eigenvalue weighted by Gasteiger charge is -2.37. The van der Waals surface area contributed by atoms with E-state index in [1.165, 1.54) is 0 Å². The van der Waals surface area contributed by atoms with Gasteiger partial charge in [0, 0.05) is 24.2 Å². The summed E-state index contributed by atoms with van der Waals surface area (Å²) in [5, 5.41) is 10.1. The van der Waals surface area contributed by atoms with Crippen LogP contribution in [0.5, 0.6) is 11.5 Å². The van der Waals surface area contributed by atoms with E-state index in [0.717, 1.165) is 41.7 Å². The van der Waals surface area contributed by atoms with Gasteiger partial charge in [0.05, 0.1) is 0 Å². The van der Waals surface area contributed by atoms with Crippen LogP contribution in [-0.4, -0.2) is 41.1 Å². The molecule has 0 saturated carbocycles. The van der Waals surface area contributed by atoms with Crippen LogP contribution in [0.4, 0.5) is 0 Å². The highest BCUT2D eigenvalue weighted by atomic mass is 16.5. The third-order valence-electron chi connectivity index (χ3n) is 6.08. The molecule has 3 N–H and O–H groups in total. The van der Waals surface area contributed by atoms with E-state index in [2.05, 4.69) is 32.6 Å². The zero-order valence-corrected chi connectivity index (χ0v) is 22.0. The third kappa shape index (κ3) is 7.36. The molecule has 1 aromatic carbocycles. The lowest BCUT2D eigenvalue weighted by molar-refractivity contribution is -0.126. The van der Waals surface area contributed by atoms with Crippen molar-refractivity contribution in [2.45, 2.75) is 72.8 Å². The summed E-state index contributed by atoms with van der Waals surface area (Å²) in [7, 11) is 0. The van der Waals surface area contributed by atoms with Crippen LogP contribution in [0.3, 0.4) is 0 Å².